The molecular weight excluding hydrogens is 733 g/mol. The number of carbonyl (C=O) groups excluding carboxylic acids is 5. The molecule has 1 unspecified atom stereocenters. The maximum absolute atomic E-state index is 14.8. The molecule has 3 aliphatic rings. The number of amides is 4. The zero-order valence-corrected chi connectivity index (χ0v) is 32.8. The SMILES string of the molecule is CCN(CC)S(=O)(=O)c1ccc(C(=O)NC(CC2CCCCC2)C(=O)N2C[C@@H](n3nncc3C(C)(C)O)C[C@H]2C(=O)NC2(C(=O)C(N)=O)CCOCC2)cc1. The van der Waals surface area contributed by atoms with Crippen LogP contribution in [-0.4, -0.2) is 118 Å². The molecular formula is C37H54N8O9S. The van der Waals surface area contributed by atoms with Crippen molar-refractivity contribution >= 4 is 39.4 Å². The van der Waals surface area contributed by atoms with Crippen LogP contribution in [0, 0.1) is 5.92 Å². The van der Waals surface area contributed by atoms with Gasteiger partial charge in [-0.05, 0) is 50.5 Å². The highest BCUT2D eigenvalue weighted by Crippen LogP contribution is 2.34. The van der Waals surface area contributed by atoms with Gasteiger partial charge in [-0.1, -0.05) is 51.2 Å². The van der Waals surface area contributed by atoms with Gasteiger partial charge in [0.25, 0.3) is 11.8 Å². The third kappa shape index (κ3) is 9.24. The Labute approximate surface area is 321 Å². The Bertz CT molecular complexity index is 1830. The van der Waals surface area contributed by atoms with E-state index in [0.717, 1.165) is 32.1 Å². The molecule has 0 radical (unpaired) electrons. The van der Waals surface area contributed by atoms with Gasteiger partial charge >= 0.3 is 0 Å². The lowest BCUT2D eigenvalue weighted by molar-refractivity contribution is -0.147. The number of primary amides is 1. The highest BCUT2D eigenvalue weighted by molar-refractivity contribution is 7.89. The summed E-state index contributed by atoms with van der Waals surface area (Å²) in [6.07, 6.45) is 6.48. The van der Waals surface area contributed by atoms with E-state index in [4.69, 9.17) is 10.5 Å². The molecule has 0 spiro atoms. The highest BCUT2D eigenvalue weighted by Gasteiger charge is 2.49. The summed E-state index contributed by atoms with van der Waals surface area (Å²) in [5.74, 6) is -3.86. The predicted molar refractivity (Wildman–Crippen MR) is 199 cm³/mol. The summed E-state index contributed by atoms with van der Waals surface area (Å²) in [6.45, 7) is 7.34. The summed E-state index contributed by atoms with van der Waals surface area (Å²) in [7, 11) is -3.76. The molecule has 1 saturated carbocycles. The number of rotatable bonds is 15. The van der Waals surface area contributed by atoms with E-state index < -0.39 is 68.7 Å². The zero-order valence-electron chi connectivity index (χ0n) is 32.0. The van der Waals surface area contributed by atoms with E-state index in [1.54, 1.807) is 27.7 Å². The van der Waals surface area contributed by atoms with Crippen molar-refractivity contribution in [2.45, 2.75) is 120 Å². The first-order valence-corrected chi connectivity index (χ1v) is 20.5. The van der Waals surface area contributed by atoms with E-state index in [1.807, 2.05) is 0 Å². The molecule has 1 aromatic carbocycles. The Kier molecular flexibility index (Phi) is 13.1. The van der Waals surface area contributed by atoms with Gasteiger partial charge in [-0.3, -0.25) is 24.0 Å². The first-order chi connectivity index (χ1) is 26.0. The lowest BCUT2D eigenvalue weighted by Crippen LogP contribution is -2.64. The number of benzene rings is 1. The van der Waals surface area contributed by atoms with Crippen LogP contribution in [0.5, 0.6) is 0 Å². The minimum Gasteiger partial charge on any atom is -0.384 e. The molecule has 2 aromatic rings. The first kappa shape index (κ1) is 41.9. The average molecular weight is 787 g/mol. The number of likely N-dealkylation sites (tertiary alicyclic amines) is 1. The van der Waals surface area contributed by atoms with Crippen molar-refractivity contribution in [2.75, 3.05) is 32.8 Å². The van der Waals surface area contributed by atoms with Crippen molar-refractivity contribution in [3.8, 4) is 0 Å². The second-order valence-corrected chi connectivity index (χ2v) is 17.2. The Morgan fingerprint density at radius 3 is 2.27 bits per heavy atom. The lowest BCUT2D eigenvalue weighted by atomic mass is 9.84. The van der Waals surface area contributed by atoms with Gasteiger partial charge in [0.05, 0.1) is 22.8 Å². The number of hydrogen-bond acceptors (Lipinski definition) is 11. The number of carbonyl (C=O) groups is 5. The standard InChI is InChI=1S/C37H54N8O9S/c1-5-43(6-2)55(52,53)27-14-12-25(13-15-27)33(48)40-28(20-24-10-8-7-9-11-24)35(50)44-23-26(45-30(22-39-42-45)36(3,4)51)21-29(44)34(49)41-37(31(46)32(38)47)16-18-54-19-17-37/h12-15,22,24,26,28-29,51H,5-11,16-21,23H2,1-4H3,(H2,38,47)(H,40,48)(H,41,49)/t26-,28?,29-/m0/s1. The van der Waals surface area contributed by atoms with Crippen LogP contribution in [0.15, 0.2) is 35.4 Å². The molecule has 2 saturated heterocycles. The van der Waals surface area contributed by atoms with Gasteiger partial charge in [-0.25, -0.2) is 13.1 Å². The molecule has 5 N–H and O–H groups in total. The van der Waals surface area contributed by atoms with Crippen LogP contribution >= 0.6 is 0 Å². The van der Waals surface area contributed by atoms with Crippen LogP contribution in [0.25, 0.3) is 0 Å². The van der Waals surface area contributed by atoms with E-state index >= 15 is 0 Å². The molecule has 1 aromatic heterocycles. The molecule has 302 valence electrons. The fourth-order valence-corrected chi connectivity index (χ4v) is 9.49. The Morgan fingerprint density at radius 2 is 1.69 bits per heavy atom. The largest absolute Gasteiger partial charge is 0.384 e. The number of nitrogens with zero attached hydrogens (tertiary/aromatic N) is 5. The van der Waals surface area contributed by atoms with Crippen molar-refractivity contribution in [2.24, 2.45) is 11.7 Å². The van der Waals surface area contributed by atoms with E-state index in [9.17, 15) is 37.5 Å². The monoisotopic (exact) mass is 786 g/mol. The molecule has 3 heterocycles. The van der Waals surface area contributed by atoms with E-state index in [-0.39, 0.29) is 68.5 Å². The first-order valence-electron chi connectivity index (χ1n) is 19.1. The third-order valence-corrected chi connectivity index (χ3v) is 13.2. The number of Topliss-reactive ketones (excluding diaryl/α,β-unsaturated/α-hetero) is 1. The van der Waals surface area contributed by atoms with E-state index in [1.165, 1.54) is 44.3 Å². The molecule has 0 bridgehead atoms. The highest BCUT2D eigenvalue weighted by atomic mass is 32.2. The summed E-state index contributed by atoms with van der Waals surface area (Å²) in [5.41, 5.74) is 2.94. The van der Waals surface area contributed by atoms with Gasteiger partial charge in [-0.2, -0.15) is 4.31 Å². The number of aliphatic hydroxyl groups is 1. The van der Waals surface area contributed by atoms with E-state index in [2.05, 4.69) is 20.9 Å². The molecule has 3 fully saturated rings. The minimum atomic E-state index is -3.76. The second kappa shape index (κ2) is 17.3. The minimum absolute atomic E-state index is 0.00586. The van der Waals surface area contributed by atoms with Gasteiger partial charge in [0, 0.05) is 57.7 Å². The van der Waals surface area contributed by atoms with Crippen molar-refractivity contribution < 1.29 is 42.2 Å². The number of ketones is 1. The second-order valence-electron chi connectivity index (χ2n) is 15.3. The number of nitrogens with one attached hydrogen (secondary N) is 2. The number of nitrogens with two attached hydrogens (primary N) is 1. The Hall–Kier alpha value is -4.26. The van der Waals surface area contributed by atoms with Crippen molar-refractivity contribution in [3.63, 3.8) is 0 Å². The van der Waals surface area contributed by atoms with Crippen LogP contribution in [0.3, 0.4) is 0 Å². The summed E-state index contributed by atoms with van der Waals surface area (Å²) in [6, 6.07) is 2.66. The summed E-state index contributed by atoms with van der Waals surface area (Å²) in [5, 5.41) is 24.7. The van der Waals surface area contributed by atoms with Crippen molar-refractivity contribution in [1.82, 2.24) is 34.8 Å². The maximum atomic E-state index is 14.8. The number of hydrogen-bond donors (Lipinski definition) is 4. The summed E-state index contributed by atoms with van der Waals surface area (Å²) < 4.78 is 34.4. The van der Waals surface area contributed by atoms with Gasteiger partial charge in [0.1, 0.15) is 23.2 Å². The third-order valence-electron chi connectivity index (χ3n) is 11.1. The molecule has 2 aliphatic heterocycles. The summed E-state index contributed by atoms with van der Waals surface area (Å²) in [4.78, 5) is 69.7. The Morgan fingerprint density at radius 1 is 1.05 bits per heavy atom. The van der Waals surface area contributed by atoms with Crippen LogP contribution in [-0.2, 0) is 39.5 Å². The Balaban J connectivity index is 1.47. The molecule has 17 nitrogen and oxygen atoms in total. The van der Waals surface area contributed by atoms with Gasteiger partial charge < -0.3 is 31.1 Å². The van der Waals surface area contributed by atoms with E-state index in [0.29, 0.717) is 12.1 Å². The van der Waals surface area contributed by atoms with Gasteiger partial charge in [0.15, 0.2) is 0 Å². The topological polar surface area (TPSA) is 236 Å². The molecule has 1 aliphatic carbocycles. The molecule has 4 amide bonds. The molecule has 5 rings (SSSR count). The van der Waals surface area contributed by atoms with Crippen LogP contribution in [0.4, 0.5) is 0 Å². The quantitative estimate of drug-likeness (QED) is 0.187. The smallest absolute Gasteiger partial charge is 0.287 e. The van der Waals surface area contributed by atoms with Crippen molar-refractivity contribution in [3.05, 3.63) is 41.7 Å². The van der Waals surface area contributed by atoms with Crippen LogP contribution in [0.1, 0.15) is 108 Å². The molecule has 55 heavy (non-hydrogen) atoms. The normalized spacial score (nSPS) is 21.2. The summed E-state index contributed by atoms with van der Waals surface area (Å²) >= 11 is 0. The van der Waals surface area contributed by atoms with Crippen molar-refractivity contribution in [1.29, 1.82) is 0 Å². The van der Waals surface area contributed by atoms with Gasteiger partial charge in [0.2, 0.25) is 27.6 Å². The zero-order chi connectivity index (χ0) is 40.1. The van der Waals surface area contributed by atoms with Crippen LogP contribution < -0.4 is 16.4 Å². The fourth-order valence-electron chi connectivity index (χ4n) is 8.03. The lowest BCUT2D eigenvalue weighted by Gasteiger charge is -2.37. The number of aromatic nitrogens is 3. The van der Waals surface area contributed by atoms with Crippen LogP contribution in [0.2, 0.25) is 0 Å². The maximum Gasteiger partial charge on any atom is 0.287 e. The molecule has 3 atom stereocenters. The fraction of sp³-hybridized carbons (Fsp3) is 0.649. The predicted octanol–water partition coefficient (Wildman–Crippen LogP) is 1.17. The number of sulfonamides is 1. The average Bonchev–Trinajstić information content (AvgIpc) is 3.84. The molecule has 18 heteroatoms. The number of ether oxygens (including phenoxy) is 1. The van der Waals surface area contributed by atoms with Gasteiger partial charge in [-0.15, -0.1) is 5.10 Å².